The molecule has 0 aliphatic rings. The van der Waals surface area contributed by atoms with Crippen LogP contribution < -0.4 is 5.73 Å². The van der Waals surface area contributed by atoms with Crippen LogP contribution in [-0.2, 0) is 5.75 Å². The maximum Gasteiger partial charge on any atom is 0.335 e. The molecule has 3 aromatic rings. The molecule has 0 aliphatic carbocycles. The number of pyridine rings is 1. The van der Waals surface area contributed by atoms with Crippen LogP contribution >= 0.6 is 11.8 Å². The molecule has 0 unspecified atom stereocenters. The summed E-state index contributed by atoms with van der Waals surface area (Å²) in [5, 5.41) is 17.9. The summed E-state index contributed by atoms with van der Waals surface area (Å²) in [6, 6.07) is 10.4. The predicted octanol–water partition coefficient (Wildman–Crippen LogP) is 2.30. The number of carbonyl (C=O) groups is 1. The van der Waals surface area contributed by atoms with E-state index < -0.39 is 5.97 Å². The standard InChI is InChI=1S/C14H12N4O2S/c15-11-4-5-12-16-17-14(18(12)7-11)21-8-9-2-1-3-10(6-9)13(19)20/h1-7H,8,15H2,(H,19,20). The fourth-order valence-corrected chi connectivity index (χ4v) is 2.79. The van der Waals surface area contributed by atoms with Crippen LogP contribution in [0.4, 0.5) is 5.69 Å². The molecule has 0 atom stereocenters. The van der Waals surface area contributed by atoms with Crippen molar-refractivity contribution in [2.45, 2.75) is 10.9 Å². The first-order valence-electron chi connectivity index (χ1n) is 6.19. The number of aromatic nitrogens is 3. The van der Waals surface area contributed by atoms with Gasteiger partial charge in [0.05, 0.1) is 5.56 Å². The van der Waals surface area contributed by atoms with Gasteiger partial charge in [-0.25, -0.2) is 4.79 Å². The van der Waals surface area contributed by atoms with Crippen LogP contribution in [0.3, 0.4) is 0 Å². The lowest BCUT2D eigenvalue weighted by Crippen LogP contribution is -1.97. The summed E-state index contributed by atoms with van der Waals surface area (Å²) in [5.74, 6) is -0.320. The minimum absolute atomic E-state index is 0.281. The minimum Gasteiger partial charge on any atom is -0.478 e. The van der Waals surface area contributed by atoms with Crippen LogP contribution in [0.25, 0.3) is 5.65 Å². The summed E-state index contributed by atoms with van der Waals surface area (Å²) in [7, 11) is 0. The lowest BCUT2D eigenvalue weighted by Gasteiger charge is -2.03. The van der Waals surface area contributed by atoms with Crippen LogP contribution in [0, 0.1) is 0 Å². The van der Waals surface area contributed by atoms with Gasteiger partial charge in [0.25, 0.3) is 0 Å². The Bertz CT molecular complexity index is 816. The summed E-state index contributed by atoms with van der Waals surface area (Å²) in [5.41, 5.74) is 8.32. The molecule has 0 amide bonds. The van der Waals surface area contributed by atoms with Gasteiger partial charge in [-0.05, 0) is 29.8 Å². The monoisotopic (exact) mass is 300 g/mol. The maximum absolute atomic E-state index is 11.0. The van der Waals surface area contributed by atoms with Gasteiger partial charge in [0.2, 0.25) is 0 Å². The first-order valence-corrected chi connectivity index (χ1v) is 7.17. The second-order valence-electron chi connectivity index (χ2n) is 4.47. The SMILES string of the molecule is Nc1ccc2nnc(SCc3cccc(C(=O)O)c3)n2c1. The normalized spacial score (nSPS) is 10.9. The van der Waals surface area contributed by atoms with E-state index in [-0.39, 0.29) is 5.56 Å². The molecule has 0 spiro atoms. The molecule has 21 heavy (non-hydrogen) atoms. The number of carboxylic acid groups (broad SMARTS) is 1. The number of hydrogen-bond donors (Lipinski definition) is 2. The van der Waals surface area contributed by atoms with Gasteiger partial charge in [-0.1, -0.05) is 23.9 Å². The number of nitrogen functional groups attached to an aromatic ring is 1. The average Bonchev–Trinajstić information content (AvgIpc) is 2.87. The van der Waals surface area contributed by atoms with Gasteiger partial charge in [0.1, 0.15) is 0 Å². The third kappa shape index (κ3) is 2.82. The molecule has 106 valence electrons. The van der Waals surface area contributed by atoms with Crippen molar-refractivity contribution < 1.29 is 9.90 Å². The van der Waals surface area contributed by atoms with Gasteiger partial charge in [0, 0.05) is 17.6 Å². The summed E-state index contributed by atoms with van der Waals surface area (Å²) in [4.78, 5) is 11.0. The fourth-order valence-electron chi connectivity index (χ4n) is 1.93. The highest BCUT2D eigenvalue weighted by Crippen LogP contribution is 2.23. The van der Waals surface area contributed by atoms with Crippen molar-refractivity contribution in [1.82, 2.24) is 14.6 Å². The van der Waals surface area contributed by atoms with E-state index in [2.05, 4.69) is 10.2 Å². The highest BCUT2D eigenvalue weighted by Gasteiger charge is 2.08. The molecule has 1 aromatic carbocycles. The number of aromatic carboxylic acids is 1. The minimum atomic E-state index is -0.928. The van der Waals surface area contributed by atoms with E-state index >= 15 is 0 Å². The fraction of sp³-hybridized carbons (Fsp3) is 0.0714. The number of nitrogens with zero attached hydrogens (tertiary/aromatic N) is 3. The molecule has 2 aromatic heterocycles. The van der Waals surface area contributed by atoms with Crippen molar-refractivity contribution in [3.05, 3.63) is 53.7 Å². The molecular weight excluding hydrogens is 288 g/mol. The number of fused-ring (bicyclic) bond motifs is 1. The van der Waals surface area contributed by atoms with E-state index in [0.717, 1.165) is 16.4 Å². The van der Waals surface area contributed by atoms with Crippen LogP contribution in [0.5, 0.6) is 0 Å². The van der Waals surface area contributed by atoms with Gasteiger partial charge in [0.15, 0.2) is 10.8 Å². The number of hydrogen-bond acceptors (Lipinski definition) is 5. The van der Waals surface area contributed by atoms with Gasteiger partial charge >= 0.3 is 5.97 Å². The van der Waals surface area contributed by atoms with Gasteiger partial charge in [-0.3, -0.25) is 4.40 Å². The van der Waals surface area contributed by atoms with E-state index in [4.69, 9.17) is 10.8 Å². The molecule has 3 rings (SSSR count). The Morgan fingerprint density at radius 1 is 1.29 bits per heavy atom. The average molecular weight is 300 g/mol. The molecule has 0 fully saturated rings. The molecule has 2 heterocycles. The second kappa shape index (κ2) is 5.45. The topological polar surface area (TPSA) is 93.5 Å². The van der Waals surface area contributed by atoms with E-state index in [0.29, 0.717) is 11.4 Å². The van der Waals surface area contributed by atoms with Crippen LogP contribution in [0.1, 0.15) is 15.9 Å². The molecule has 0 bridgehead atoms. The predicted molar refractivity (Wildman–Crippen MR) is 80.4 cm³/mol. The van der Waals surface area contributed by atoms with E-state index in [9.17, 15) is 4.79 Å². The lowest BCUT2D eigenvalue weighted by molar-refractivity contribution is 0.0697. The van der Waals surface area contributed by atoms with Crippen molar-refractivity contribution in [3.63, 3.8) is 0 Å². The Morgan fingerprint density at radius 2 is 2.14 bits per heavy atom. The zero-order valence-electron chi connectivity index (χ0n) is 10.9. The summed E-state index contributed by atoms with van der Waals surface area (Å²) < 4.78 is 1.82. The number of thioether (sulfide) groups is 1. The highest BCUT2D eigenvalue weighted by molar-refractivity contribution is 7.98. The Labute approximate surface area is 124 Å². The number of benzene rings is 1. The highest BCUT2D eigenvalue weighted by atomic mass is 32.2. The van der Waals surface area contributed by atoms with Crippen molar-refractivity contribution in [1.29, 1.82) is 0 Å². The van der Waals surface area contributed by atoms with Crippen LogP contribution in [0.2, 0.25) is 0 Å². The van der Waals surface area contributed by atoms with E-state index in [1.165, 1.54) is 11.8 Å². The van der Waals surface area contributed by atoms with Crippen LogP contribution in [-0.4, -0.2) is 25.7 Å². The third-order valence-electron chi connectivity index (χ3n) is 2.94. The maximum atomic E-state index is 11.0. The zero-order valence-corrected chi connectivity index (χ0v) is 11.7. The van der Waals surface area contributed by atoms with E-state index in [1.807, 2.05) is 10.5 Å². The molecule has 7 heteroatoms. The van der Waals surface area contributed by atoms with Gasteiger partial charge < -0.3 is 10.8 Å². The molecule has 6 nitrogen and oxygen atoms in total. The number of anilines is 1. The van der Waals surface area contributed by atoms with E-state index in [1.54, 1.807) is 36.5 Å². The number of rotatable bonds is 4. The molecule has 0 saturated carbocycles. The first-order chi connectivity index (χ1) is 10.1. The summed E-state index contributed by atoms with van der Waals surface area (Å²) in [6.07, 6.45) is 1.77. The zero-order chi connectivity index (χ0) is 14.8. The Morgan fingerprint density at radius 3 is 2.95 bits per heavy atom. The third-order valence-corrected chi connectivity index (χ3v) is 3.95. The summed E-state index contributed by atoms with van der Waals surface area (Å²) >= 11 is 1.48. The molecule has 0 radical (unpaired) electrons. The Balaban J connectivity index is 1.82. The second-order valence-corrected chi connectivity index (χ2v) is 5.41. The quantitative estimate of drug-likeness (QED) is 0.718. The van der Waals surface area contributed by atoms with Gasteiger partial charge in [-0.2, -0.15) is 0 Å². The van der Waals surface area contributed by atoms with Crippen molar-refractivity contribution in [2.24, 2.45) is 0 Å². The van der Waals surface area contributed by atoms with Crippen molar-refractivity contribution in [3.8, 4) is 0 Å². The van der Waals surface area contributed by atoms with Crippen molar-refractivity contribution in [2.75, 3.05) is 5.73 Å². The Hall–Kier alpha value is -2.54. The summed E-state index contributed by atoms with van der Waals surface area (Å²) in [6.45, 7) is 0. The molecule has 0 saturated heterocycles. The smallest absolute Gasteiger partial charge is 0.335 e. The molecule has 3 N–H and O–H groups in total. The first kappa shape index (κ1) is 13.4. The van der Waals surface area contributed by atoms with Crippen LogP contribution in [0.15, 0.2) is 47.8 Å². The lowest BCUT2D eigenvalue weighted by atomic mass is 10.1. The largest absolute Gasteiger partial charge is 0.478 e. The van der Waals surface area contributed by atoms with Gasteiger partial charge in [-0.15, -0.1) is 10.2 Å². The number of nitrogens with two attached hydrogens (primary N) is 1. The Kier molecular flexibility index (Phi) is 3.49. The van der Waals surface area contributed by atoms with Crippen molar-refractivity contribution >= 4 is 29.1 Å². The number of carboxylic acids is 1. The molecular formula is C14H12N4O2S. The molecule has 0 aliphatic heterocycles.